The maximum Gasteiger partial charge on any atom is 0.0547 e. The summed E-state index contributed by atoms with van der Waals surface area (Å²) in [6.45, 7) is 6.90. The zero-order valence-corrected chi connectivity index (χ0v) is 36.4. The van der Waals surface area contributed by atoms with Gasteiger partial charge in [0.15, 0.2) is 0 Å². The zero-order chi connectivity index (χ0) is 43.2. The van der Waals surface area contributed by atoms with Gasteiger partial charge in [-0.3, -0.25) is 0 Å². The van der Waals surface area contributed by atoms with E-state index in [1.807, 2.05) is 0 Å². The minimum absolute atomic E-state index is 0.0425. The van der Waals surface area contributed by atoms with Crippen LogP contribution in [-0.4, -0.2) is 4.57 Å². The van der Waals surface area contributed by atoms with E-state index in [0.717, 1.165) is 33.9 Å². The van der Waals surface area contributed by atoms with Gasteiger partial charge in [-0.05, 0) is 110 Å². The largest absolute Gasteiger partial charge is 0.309 e. The Labute approximate surface area is 376 Å². The van der Waals surface area contributed by atoms with E-state index in [0.29, 0.717) is 0 Å². The van der Waals surface area contributed by atoms with Crippen LogP contribution in [0.5, 0.6) is 0 Å². The molecule has 0 saturated carbocycles. The average Bonchev–Trinajstić information content (AvgIpc) is 3.69. The van der Waals surface area contributed by atoms with E-state index in [1.165, 1.54) is 71.5 Å². The topological polar surface area (TPSA) is 8.17 Å². The molecule has 10 aromatic carbocycles. The molecule has 0 N–H and O–H groups in total. The summed E-state index contributed by atoms with van der Waals surface area (Å²) >= 11 is 0. The number of fused-ring (bicyclic) bond motifs is 4. The van der Waals surface area contributed by atoms with Gasteiger partial charge in [-0.15, -0.1) is 0 Å². The first-order valence-electron chi connectivity index (χ1n) is 22.3. The Morgan fingerprint density at radius 2 is 0.891 bits per heavy atom. The van der Waals surface area contributed by atoms with Crippen LogP contribution in [0, 0.1) is 0 Å². The lowest BCUT2D eigenvalue weighted by Gasteiger charge is -2.32. The van der Waals surface area contributed by atoms with Crippen LogP contribution < -0.4 is 4.90 Å². The van der Waals surface area contributed by atoms with E-state index in [-0.39, 0.29) is 5.41 Å². The quantitative estimate of drug-likeness (QED) is 0.148. The van der Waals surface area contributed by atoms with Gasteiger partial charge < -0.3 is 9.47 Å². The summed E-state index contributed by atoms with van der Waals surface area (Å²) in [4.78, 5) is 2.50. The van der Waals surface area contributed by atoms with Gasteiger partial charge in [-0.2, -0.15) is 0 Å². The molecule has 64 heavy (non-hydrogen) atoms. The fourth-order valence-corrected chi connectivity index (χ4v) is 9.70. The fraction of sp³-hybridized carbons (Fsp3) is 0.0645. The molecule has 0 atom stereocenters. The number of benzene rings is 10. The second-order valence-corrected chi connectivity index (χ2v) is 17.7. The minimum atomic E-state index is -0.0425. The van der Waals surface area contributed by atoms with Crippen LogP contribution in [0.1, 0.15) is 26.3 Å². The van der Waals surface area contributed by atoms with Gasteiger partial charge in [0.05, 0.1) is 22.4 Å². The lowest BCUT2D eigenvalue weighted by atomic mass is 9.84. The predicted molar refractivity (Wildman–Crippen MR) is 273 cm³/mol. The number of rotatable bonds is 8. The van der Waals surface area contributed by atoms with E-state index >= 15 is 0 Å². The third kappa shape index (κ3) is 6.85. The molecule has 0 radical (unpaired) electrons. The van der Waals surface area contributed by atoms with E-state index in [9.17, 15) is 0 Å². The van der Waals surface area contributed by atoms with E-state index < -0.39 is 0 Å². The number of hydrogen-bond acceptors (Lipinski definition) is 1. The molecule has 0 unspecified atom stereocenters. The number of nitrogens with zero attached hydrogens (tertiary/aromatic N) is 2. The number of hydrogen-bond donors (Lipinski definition) is 0. The van der Waals surface area contributed by atoms with Gasteiger partial charge in [0, 0.05) is 33.3 Å². The van der Waals surface area contributed by atoms with Gasteiger partial charge in [-0.25, -0.2) is 0 Å². The Bertz CT molecular complexity index is 3460. The van der Waals surface area contributed by atoms with Crippen molar-refractivity contribution in [3.05, 3.63) is 242 Å². The van der Waals surface area contributed by atoms with Crippen LogP contribution in [0.25, 0.3) is 82.8 Å². The smallest absolute Gasteiger partial charge is 0.0547 e. The molecule has 0 bridgehead atoms. The molecule has 0 fully saturated rings. The average molecular weight is 821 g/mol. The lowest BCUT2D eigenvalue weighted by Crippen LogP contribution is -2.15. The molecule has 0 aliphatic rings. The lowest BCUT2D eigenvalue weighted by molar-refractivity contribution is 0.590. The summed E-state index contributed by atoms with van der Waals surface area (Å²) in [6.07, 6.45) is 0. The predicted octanol–water partition coefficient (Wildman–Crippen LogP) is 17.4. The van der Waals surface area contributed by atoms with Crippen molar-refractivity contribution in [1.82, 2.24) is 4.57 Å². The molecule has 11 rings (SSSR count). The highest BCUT2D eigenvalue weighted by Gasteiger charge is 2.25. The van der Waals surface area contributed by atoms with Crippen molar-refractivity contribution < 1.29 is 0 Å². The minimum Gasteiger partial charge on any atom is -0.309 e. The number of anilines is 3. The molecule has 1 heterocycles. The summed E-state index contributed by atoms with van der Waals surface area (Å²) < 4.78 is 2.40. The molecular formula is C62H48N2. The van der Waals surface area contributed by atoms with E-state index in [2.05, 4.69) is 267 Å². The van der Waals surface area contributed by atoms with Crippen molar-refractivity contribution >= 4 is 49.6 Å². The Morgan fingerprint density at radius 1 is 0.359 bits per heavy atom. The Morgan fingerprint density at radius 3 is 1.62 bits per heavy atom. The van der Waals surface area contributed by atoms with Crippen molar-refractivity contribution in [2.24, 2.45) is 0 Å². The third-order valence-electron chi connectivity index (χ3n) is 12.7. The highest BCUT2D eigenvalue weighted by molar-refractivity contribution is 6.16. The zero-order valence-electron chi connectivity index (χ0n) is 36.4. The van der Waals surface area contributed by atoms with Gasteiger partial charge in [-0.1, -0.05) is 203 Å². The van der Waals surface area contributed by atoms with Crippen LogP contribution in [0.3, 0.4) is 0 Å². The highest BCUT2D eigenvalue weighted by atomic mass is 15.1. The van der Waals surface area contributed by atoms with Crippen molar-refractivity contribution in [3.63, 3.8) is 0 Å². The SMILES string of the molecule is CC(C)(C)c1ccc(N(c2cccc(-c3cccc4c3c3ccccc3n4-c3ccccc3)c2)c2ccccc2-c2cccc3cccc(-c4ccccc4)c23)c(-c2ccccc2)c1. The summed E-state index contributed by atoms with van der Waals surface area (Å²) in [5, 5.41) is 4.93. The monoisotopic (exact) mass is 820 g/mol. The highest BCUT2D eigenvalue weighted by Crippen LogP contribution is 2.49. The van der Waals surface area contributed by atoms with Crippen LogP contribution in [0.15, 0.2) is 237 Å². The third-order valence-corrected chi connectivity index (χ3v) is 12.7. The second kappa shape index (κ2) is 16.1. The van der Waals surface area contributed by atoms with E-state index in [1.54, 1.807) is 0 Å². The molecule has 1 aromatic heterocycles. The van der Waals surface area contributed by atoms with Gasteiger partial charge >= 0.3 is 0 Å². The van der Waals surface area contributed by atoms with Gasteiger partial charge in [0.1, 0.15) is 0 Å². The first-order valence-corrected chi connectivity index (χ1v) is 22.3. The maximum atomic E-state index is 2.50. The fourth-order valence-electron chi connectivity index (χ4n) is 9.70. The molecule has 0 amide bonds. The first kappa shape index (κ1) is 38.9. The molecular weight excluding hydrogens is 773 g/mol. The van der Waals surface area contributed by atoms with Crippen LogP contribution in [0.4, 0.5) is 17.1 Å². The molecule has 2 heteroatoms. The summed E-state index contributed by atoms with van der Waals surface area (Å²) in [6, 6.07) is 86.6. The van der Waals surface area contributed by atoms with Crippen molar-refractivity contribution in [2.45, 2.75) is 26.2 Å². The molecule has 0 aliphatic heterocycles. The van der Waals surface area contributed by atoms with Crippen LogP contribution in [-0.2, 0) is 5.41 Å². The van der Waals surface area contributed by atoms with Crippen LogP contribution in [0.2, 0.25) is 0 Å². The summed E-state index contributed by atoms with van der Waals surface area (Å²) in [5.74, 6) is 0. The number of para-hydroxylation sites is 3. The van der Waals surface area contributed by atoms with Crippen molar-refractivity contribution in [1.29, 1.82) is 0 Å². The molecule has 2 nitrogen and oxygen atoms in total. The standard InChI is InChI=1S/C62H48N2/c1-62(2,3)47-39-40-58(55(42-47)44-23-9-5-10-24-44)64(56-36-15-13-31-52(56)53-35-19-26-45-25-18-33-50(60(45)53)43-21-7-4-8-22-43)49-30-17-27-46(41-49)51-34-20-38-59-61(51)54-32-14-16-37-57(54)63(59)48-28-11-6-12-29-48/h4-42H,1-3H3. The molecule has 11 aromatic rings. The van der Waals surface area contributed by atoms with Crippen LogP contribution >= 0.6 is 0 Å². The van der Waals surface area contributed by atoms with Gasteiger partial charge in [0.25, 0.3) is 0 Å². The van der Waals surface area contributed by atoms with Gasteiger partial charge in [0.2, 0.25) is 0 Å². The summed E-state index contributed by atoms with van der Waals surface area (Å²) in [7, 11) is 0. The van der Waals surface area contributed by atoms with Crippen molar-refractivity contribution in [2.75, 3.05) is 4.90 Å². The van der Waals surface area contributed by atoms with Crippen molar-refractivity contribution in [3.8, 4) is 50.2 Å². The Balaban J connectivity index is 1.19. The summed E-state index contributed by atoms with van der Waals surface area (Å²) in [5.41, 5.74) is 17.6. The normalized spacial score (nSPS) is 11.7. The molecule has 0 spiro atoms. The maximum absolute atomic E-state index is 2.50. The number of aromatic nitrogens is 1. The molecule has 306 valence electrons. The molecule has 0 aliphatic carbocycles. The van der Waals surface area contributed by atoms with E-state index in [4.69, 9.17) is 0 Å². The Hall–Kier alpha value is -7.94. The molecule has 0 saturated heterocycles. The second-order valence-electron chi connectivity index (χ2n) is 17.7. The Kier molecular flexibility index (Phi) is 9.78. The first-order chi connectivity index (χ1) is 31.4.